The van der Waals surface area contributed by atoms with Crippen molar-refractivity contribution in [1.82, 2.24) is 9.13 Å². The van der Waals surface area contributed by atoms with Gasteiger partial charge in [0.2, 0.25) is 0 Å². The molecule has 2 nitrogen and oxygen atoms in total. The van der Waals surface area contributed by atoms with Crippen LogP contribution in [0.5, 0.6) is 0 Å². The summed E-state index contributed by atoms with van der Waals surface area (Å²) in [6.07, 6.45) is 14.7. The summed E-state index contributed by atoms with van der Waals surface area (Å²) in [5.41, 5.74) is 0.493. The highest BCUT2D eigenvalue weighted by atomic mass is 28.3. The highest BCUT2D eigenvalue weighted by Crippen LogP contribution is 2.49. The van der Waals surface area contributed by atoms with Gasteiger partial charge in [0.25, 0.3) is 8.99 Å². The van der Waals surface area contributed by atoms with E-state index in [4.69, 9.17) is 0 Å². The molecule has 0 aromatic heterocycles. The number of fused-ring (bicyclic) bond motifs is 2. The quantitative estimate of drug-likeness (QED) is 0.638. The van der Waals surface area contributed by atoms with Gasteiger partial charge in [-0.25, -0.2) is 0 Å². The average molecular weight is 317 g/mol. The Hall–Kier alpha value is -0.378. The summed E-state index contributed by atoms with van der Waals surface area (Å²) < 4.78 is 5.54. The Bertz CT molecular complexity index is 391. The Morgan fingerprint density at radius 1 is 0.773 bits per heavy atom. The number of hydrogen-bond acceptors (Lipinski definition) is 2. The molecule has 0 saturated carbocycles. The molecule has 3 aliphatic heterocycles. The van der Waals surface area contributed by atoms with Crippen LogP contribution in [0, 0.1) is 0 Å². The fraction of sp³-hybridized carbons (Fsp3) is 0.889. The van der Waals surface area contributed by atoms with Gasteiger partial charge < -0.3 is 9.13 Å². The Labute approximate surface area is 140 Å². The third kappa shape index (κ3) is 2.88. The van der Waals surface area contributed by atoms with Crippen molar-refractivity contribution in [1.29, 1.82) is 0 Å². The monoisotopic (exact) mass is 317 g/mol. The molecule has 1 radical (unpaired) electrons. The number of hydrogen-bond donors (Lipinski definition) is 0. The van der Waals surface area contributed by atoms with E-state index in [-0.39, 0.29) is 11.1 Å². The Morgan fingerprint density at radius 3 is 1.45 bits per heavy atom. The van der Waals surface area contributed by atoms with E-state index in [1.54, 1.807) is 0 Å². The van der Waals surface area contributed by atoms with E-state index in [9.17, 15) is 0 Å². The van der Waals surface area contributed by atoms with Crippen LogP contribution in [0.25, 0.3) is 0 Å². The van der Waals surface area contributed by atoms with Crippen molar-refractivity contribution in [3.05, 3.63) is 12.4 Å². The van der Waals surface area contributed by atoms with Crippen LogP contribution in [0.3, 0.4) is 0 Å². The summed E-state index contributed by atoms with van der Waals surface area (Å²) in [7, 11) is -0.706. The first-order valence-corrected chi connectivity index (χ1v) is 10.8. The zero-order chi connectivity index (χ0) is 16.1. The van der Waals surface area contributed by atoms with E-state index in [1.807, 2.05) is 0 Å². The van der Waals surface area contributed by atoms with Crippen molar-refractivity contribution in [2.45, 2.75) is 103 Å². The van der Waals surface area contributed by atoms with E-state index in [0.29, 0.717) is 0 Å². The molecule has 2 saturated heterocycles. The van der Waals surface area contributed by atoms with Gasteiger partial charge in [0, 0.05) is 23.5 Å². The van der Waals surface area contributed by atoms with Gasteiger partial charge in [0.05, 0.1) is 0 Å². The van der Waals surface area contributed by atoms with E-state index in [2.05, 4.69) is 63.1 Å². The van der Waals surface area contributed by atoms with Crippen LogP contribution in [0.4, 0.5) is 0 Å². The topological polar surface area (TPSA) is 6.48 Å². The Kier molecular flexibility index (Phi) is 4.20. The molecule has 0 aliphatic carbocycles. The van der Waals surface area contributed by atoms with Crippen LogP contribution >= 0.6 is 0 Å². The number of rotatable bonds is 1. The fourth-order valence-electron chi connectivity index (χ4n) is 4.96. The Balaban J connectivity index is 1.95. The van der Waals surface area contributed by atoms with Gasteiger partial charge in [-0.3, -0.25) is 0 Å². The minimum atomic E-state index is -0.706. The highest BCUT2D eigenvalue weighted by molar-refractivity contribution is 7.21. The highest BCUT2D eigenvalue weighted by Gasteiger charge is 2.54. The third-order valence-corrected chi connectivity index (χ3v) is 10.1. The van der Waals surface area contributed by atoms with Crippen molar-refractivity contribution < 1.29 is 0 Å². The molecule has 0 aromatic rings. The average Bonchev–Trinajstić information content (AvgIpc) is 2.81. The predicted octanol–water partition coefficient (Wildman–Crippen LogP) is 4.84. The maximum absolute atomic E-state index is 2.77. The lowest BCUT2D eigenvalue weighted by Crippen LogP contribution is -2.66. The summed E-state index contributed by atoms with van der Waals surface area (Å²) in [6, 6.07) is 0. The zero-order valence-electron chi connectivity index (χ0n) is 15.5. The minimum Gasteiger partial charge on any atom is -0.386 e. The first-order valence-electron chi connectivity index (χ1n) is 9.33. The lowest BCUT2D eigenvalue weighted by Gasteiger charge is -2.52. The van der Waals surface area contributed by atoms with E-state index < -0.39 is 8.99 Å². The summed E-state index contributed by atoms with van der Waals surface area (Å²) in [6.45, 7) is 14.4. The second kappa shape index (κ2) is 5.61. The lowest BCUT2D eigenvalue weighted by atomic mass is 9.42. The molecule has 2 bridgehead atoms. The number of nitrogens with zero attached hydrogens (tertiary/aromatic N) is 2. The Morgan fingerprint density at radius 2 is 1.14 bits per heavy atom. The molecule has 0 unspecified atom stereocenters. The van der Waals surface area contributed by atoms with Gasteiger partial charge in [0.15, 0.2) is 6.31 Å². The van der Waals surface area contributed by atoms with Crippen LogP contribution in [0.15, 0.2) is 12.4 Å². The van der Waals surface area contributed by atoms with Crippen LogP contribution in [0.2, 0.25) is 11.6 Å². The maximum Gasteiger partial charge on any atom is 0.251 e. The van der Waals surface area contributed by atoms with Crippen LogP contribution < -0.4 is 0 Å². The van der Waals surface area contributed by atoms with Crippen molar-refractivity contribution >= 4 is 15.3 Å². The van der Waals surface area contributed by atoms with Gasteiger partial charge in [0.1, 0.15) is 0 Å². The van der Waals surface area contributed by atoms with Crippen LogP contribution in [-0.2, 0) is 0 Å². The summed E-state index contributed by atoms with van der Waals surface area (Å²) in [5, 5.41) is 0. The molecule has 0 spiro atoms. The second-order valence-electron chi connectivity index (χ2n) is 9.65. The fourth-order valence-corrected chi connectivity index (χ4v) is 9.15. The molecule has 0 N–H and O–H groups in total. The molecule has 0 aromatic carbocycles. The summed E-state index contributed by atoms with van der Waals surface area (Å²) in [4.78, 5) is 0. The molecule has 3 aliphatic rings. The third-order valence-electron chi connectivity index (χ3n) is 5.92. The first-order chi connectivity index (χ1) is 10.2. The van der Waals surface area contributed by atoms with Gasteiger partial charge in [-0.05, 0) is 41.5 Å². The van der Waals surface area contributed by atoms with E-state index in [1.165, 1.54) is 38.5 Å². The molecule has 0 amide bonds. The standard InChI is InChI=1S/C18H34BN2Si/c1-17(2,3)20-13-14-21(18(4,5)6)22(20)19-15-9-7-10-16(19)12-8-11-15/h13-16H,7-12H2,1-6H3. The van der Waals surface area contributed by atoms with E-state index >= 15 is 0 Å². The van der Waals surface area contributed by atoms with Gasteiger partial charge in [-0.1, -0.05) is 50.2 Å². The molecule has 3 heterocycles. The smallest absolute Gasteiger partial charge is 0.251 e. The van der Waals surface area contributed by atoms with Gasteiger partial charge in [-0.2, -0.15) is 0 Å². The largest absolute Gasteiger partial charge is 0.386 e. The van der Waals surface area contributed by atoms with Crippen molar-refractivity contribution in [3.63, 3.8) is 0 Å². The van der Waals surface area contributed by atoms with Crippen molar-refractivity contribution in [3.8, 4) is 0 Å². The second-order valence-corrected chi connectivity index (χ2v) is 12.0. The zero-order valence-corrected chi connectivity index (χ0v) is 16.5. The minimum absolute atomic E-state index is 0.247. The molecule has 4 heteroatoms. The molecular formula is C18H34BN2Si. The van der Waals surface area contributed by atoms with Crippen LogP contribution in [-0.4, -0.2) is 35.5 Å². The summed E-state index contributed by atoms with van der Waals surface area (Å²) >= 11 is 0. The predicted molar refractivity (Wildman–Crippen MR) is 99.0 cm³/mol. The van der Waals surface area contributed by atoms with Gasteiger partial charge >= 0.3 is 0 Å². The van der Waals surface area contributed by atoms with Crippen LogP contribution in [0.1, 0.15) is 80.1 Å². The molecule has 2 fully saturated rings. The summed E-state index contributed by atoms with van der Waals surface area (Å²) in [5.74, 6) is 1.99. The molecule has 22 heavy (non-hydrogen) atoms. The lowest BCUT2D eigenvalue weighted by molar-refractivity contribution is 0.286. The van der Waals surface area contributed by atoms with Crippen molar-refractivity contribution in [2.75, 3.05) is 0 Å². The maximum atomic E-state index is 2.77. The molecule has 123 valence electrons. The molecule has 3 rings (SSSR count). The normalized spacial score (nSPS) is 30.4. The van der Waals surface area contributed by atoms with Crippen molar-refractivity contribution in [2.24, 2.45) is 0 Å². The first kappa shape index (κ1) is 16.5. The van der Waals surface area contributed by atoms with E-state index in [0.717, 1.165) is 17.9 Å². The van der Waals surface area contributed by atoms with Gasteiger partial charge in [-0.15, -0.1) is 0 Å². The SMILES string of the molecule is CC(C)(C)N1C=CN(C(C)(C)C)[Si]1B1C2CCCC1CCC2. The molecule has 0 atom stereocenters. The molecular weight excluding hydrogens is 283 g/mol.